The molecule has 0 aliphatic rings. The zero-order chi connectivity index (χ0) is 21.1. The Morgan fingerprint density at radius 1 is 1.07 bits per heavy atom. The zero-order valence-electron chi connectivity index (χ0n) is 15.5. The summed E-state index contributed by atoms with van der Waals surface area (Å²) in [5.74, 6) is -1.07. The smallest absolute Gasteiger partial charge is 0.325 e. The Balaban J connectivity index is 2.14. The maximum Gasteiger partial charge on any atom is 0.325 e. The molecule has 0 saturated heterocycles. The minimum atomic E-state index is -0.561. The topological polar surface area (TPSA) is 73.2 Å². The van der Waals surface area contributed by atoms with Crippen LogP contribution in [0.1, 0.15) is 16.1 Å². The van der Waals surface area contributed by atoms with E-state index < -0.39 is 11.9 Å². The number of hydrogen-bond acceptors (Lipinski definition) is 4. The van der Waals surface area contributed by atoms with E-state index in [0.29, 0.717) is 32.0 Å². The van der Waals surface area contributed by atoms with Crippen LogP contribution in [0.4, 0.5) is 0 Å². The number of hydrogen-bond donors (Lipinski definition) is 1. The Kier molecular flexibility index (Phi) is 6.47. The zero-order valence-corrected chi connectivity index (χ0v) is 17.8. The van der Waals surface area contributed by atoms with Gasteiger partial charge in [-0.05, 0) is 37.3 Å². The molecule has 29 heavy (non-hydrogen) atoms. The number of halogens is 3. The van der Waals surface area contributed by atoms with E-state index in [9.17, 15) is 9.59 Å². The summed E-state index contributed by atoms with van der Waals surface area (Å²) in [5.41, 5.74) is 2.77. The molecule has 1 heterocycles. The minimum Gasteiger partial charge on any atom is -0.468 e. The van der Waals surface area contributed by atoms with Crippen molar-refractivity contribution in [2.75, 3.05) is 13.7 Å². The van der Waals surface area contributed by atoms with Crippen molar-refractivity contribution in [1.29, 1.82) is 0 Å². The van der Waals surface area contributed by atoms with Gasteiger partial charge in [0.15, 0.2) is 5.69 Å². The van der Waals surface area contributed by atoms with Crippen LogP contribution in [-0.4, -0.2) is 35.3 Å². The highest BCUT2D eigenvalue weighted by molar-refractivity contribution is 6.35. The first-order valence-corrected chi connectivity index (χ1v) is 9.61. The van der Waals surface area contributed by atoms with Gasteiger partial charge in [0.25, 0.3) is 5.91 Å². The Morgan fingerprint density at radius 2 is 1.72 bits per heavy atom. The molecule has 0 aliphatic heterocycles. The fraction of sp³-hybridized carbons (Fsp3) is 0.150. The number of esters is 1. The van der Waals surface area contributed by atoms with Crippen LogP contribution >= 0.6 is 34.8 Å². The average Bonchev–Trinajstić information content (AvgIpc) is 3.03. The number of aromatic nitrogens is 2. The standard InChI is InChI=1S/C20H16Cl3N3O3/c1-11-18(20(28)24-10-17(27)29-2)25-26(16-8-7-14(22)9-15(16)23)19(11)12-3-5-13(21)6-4-12/h3-9H,10H2,1-2H3,(H,24,28). The van der Waals surface area contributed by atoms with Gasteiger partial charge in [0.2, 0.25) is 0 Å². The Hall–Kier alpha value is -2.54. The summed E-state index contributed by atoms with van der Waals surface area (Å²) in [5, 5.41) is 8.40. The Labute approximate surface area is 182 Å². The first-order chi connectivity index (χ1) is 13.8. The second kappa shape index (κ2) is 8.86. The molecule has 0 fully saturated rings. The van der Waals surface area contributed by atoms with Crippen molar-refractivity contribution in [3.8, 4) is 16.9 Å². The summed E-state index contributed by atoms with van der Waals surface area (Å²) in [6, 6.07) is 12.1. The second-order valence-corrected chi connectivity index (χ2v) is 7.38. The Morgan fingerprint density at radius 3 is 2.34 bits per heavy atom. The number of ether oxygens (including phenoxy) is 1. The molecular weight excluding hydrogens is 437 g/mol. The quantitative estimate of drug-likeness (QED) is 0.569. The molecular formula is C20H16Cl3N3O3. The molecule has 2 aromatic carbocycles. The number of nitrogens with zero attached hydrogens (tertiary/aromatic N) is 2. The van der Waals surface area contributed by atoms with Crippen LogP contribution in [0.3, 0.4) is 0 Å². The lowest BCUT2D eigenvalue weighted by Crippen LogP contribution is -2.30. The number of benzene rings is 2. The molecule has 0 unspecified atom stereocenters. The lowest BCUT2D eigenvalue weighted by Gasteiger charge is -2.11. The van der Waals surface area contributed by atoms with E-state index in [2.05, 4.69) is 15.2 Å². The van der Waals surface area contributed by atoms with Crippen molar-refractivity contribution in [3.63, 3.8) is 0 Å². The van der Waals surface area contributed by atoms with Crippen molar-refractivity contribution < 1.29 is 14.3 Å². The Bertz CT molecular complexity index is 1080. The van der Waals surface area contributed by atoms with E-state index in [-0.39, 0.29) is 12.2 Å². The lowest BCUT2D eigenvalue weighted by atomic mass is 10.1. The predicted octanol–water partition coefficient (Wildman–Crippen LogP) is 4.71. The number of methoxy groups -OCH3 is 1. The van der Waals surface area contributed by atoms with Crippen molar-refractivity contribution in [1.82, 2.24) is 15.1 Å². The van der Waals surface area contributed by atoms with Crippen LogP contribution in [0.25, 0.3) is 16.9 Å². The average molecular weight is 453 g/mol. The molecule has 6 nitrogen and oxygen atoms in total. The summed E-state index contributed by atoms with van der Waals surface area (Å²) in [4.78, 5) is 24.0. The SMILES string of the molecule is COC(=O)CNC(=O)c1nn(-c2ccc(Cl)cc2Cl)c(-c2ccc(Cl)cc2)c1C. The summed E-state index contributed by atoms with van der Waals surface area (Å²) < 4.78 is 6.12. The first-order valence-electron chi connectivity index (χ1n) is 8.47. The van der Waals surface area contributed by atoms with Gasteiger partial charge in [0.1, 0.15) is 6.54 Å². The summed E-state index contributed by atoms with van der Waals surface area (Å²) in [7, 11) is 1.25. The van der Waals surface area contributed by atoms with Crippen molar-refractivity contribution in [2.45, 2.75) is 6.92 Å². The van der Waals surface area contributed by atoms with Gasteiger partial charge in [-0.25, -0.2) is 4.68 Å². The van der Waals surface area contributed by atoms with E-state index >= 15 is 0 Å². The van der Waals surface area contributed by atoms with Crippen LogP contribution in [0.15, 0.2) is 42.5 Å². The highest BCUT2D eigenvalue weighted by Crippen LogP contribution is 2.33. The molecule has 0 atom stereocenters. The lowest BCUT2D eigenvalue weighted by molar-refractivity contribution is -0.139. The molecule has 1 amide bonds. The molecule has 1 aromatic heterocycles. The van der Waals surface area contributed by atoms with Crippen LogP contribution in [0, 0.1) is 6.92 Å². The molecule has 1 N–H and O–H groups in total. The fourth-order valence-electron chi connectivity index (χ4n) is 2.79. The van der Waals surface area contributed by atoms with Gasteiger partial charge in [-0.3, -0.25) is 9.59 Å². The number of carbonyl (C=O) groups excluding carboxylic acids is 2. The van der Waals surface area contributed by atoms with Crippen molar-refractivity contribution >= 4 is 46.7 Å². The molecule has 150 valence electrons. The molecule has 3 aromatic rings. The van der Waals surface area contributed by atoms with E-state index in [1.807, 2.05) is 12.1 Å². The molecule has 3 rings (SSSR count). The van der Waals surface area contributed by atoms with Gasteiger partial charge in [0, 0.05) is 21.2 Å². The van der Waals surface area contributed by atoms with E-state index in [1.54, 1.807) is 41.9 Å². The largest absolute Gasteiger partial charge is 0.468 e. The van der Waals surface area contributed by atoms with Gasteiger partial charge >= 0.3 is 5.97 Å². The van der Waals surface area contributed by atoms with Gasteiger partial charge in [0.05, 0.1) is 23.5 Å². The molecule has 0 aliphatic carbocycles. The normalized spacial score (nSPS) is 10.7. The first kappa shape index (κ1) is 21.2. The number of nitrogens with one attached hydrogen (secondary N) is 1. The molecule has 0 radical (unpaired) electrons. The maximum atomic E-state index is 12.6. The van der Waals surface area contributed by atoms with Gasteiger partial charge in [-0.2, -0.15) is 5.10 Å². The van der Waals surface area contributed by atoms with Crippen LogP contribution in [0.5, 0.6) is 0 Å². The van der Waals surface area contributed by atoms with E-state index in [4.69, 9.17) is 34.8 Å². The van der Waals surface area contributed by atoms with Gasteiger partial charge < -0.3 is 10.1 Å². The summed E-state index contributed by atoms with van der Waals surface area (Å²) in [6.45, 7) is 1.50. The highest BCUT2D eigenvalue weighted by Gasteiger charge is 2.23. The second-order valence-electron chi connectivity index (χ2n) is 6.10. The third kappa shape index (κ3) is 4.56. The summed E-state index contributed by atoms with van der Waals surface area (Å²) >= 11 is 18.4. The molecule has 0 saturated carbocycles. The van der Waals surface area contributed by atoms with Crippen LogP contribution in [0.2, 0.25) is 15.1 Å². The number of carbonyl (C=O) groups is 2. The van der Waals surface area contributed by atoms with Crippen LogP contribution < -0.4 is 5.32 Å². The van der Waals surface area contributed by atoms with Gasteiger partial charge in [-0.15, -0.1) is 0 Å². The van der Waals surface area contributed by atoms with Gasteiger partial charge in [-0.1, -0.05) is 46.9 Å². The fourth-order valence-corrected chi connectivity index (χ4v) is 3.41. The molecule has 9 heteroatoms. The predicted molar refractivity (Wildman–Crippen MR) is 113 cm³/mol. The molecule has 0 spiro atoms. The molecule has 0 bridgehead atoms. The van der Waals surface area contributed by atoms with Crippen molar-refractivity contribution in [2.24, 2.45) is 0 Å². The number of rotatable bonds is 5. The monoisotopic (exact) mass is 451 g/mol. The third-order valence-corrected chi connectivity index (χ3v) is 5.00. The maximum absolute atomic E-state index is 12.6. The van der Waals surface area contributed by atoms with Crippen molar-refractivity contribution in [3.05, 3.63) is 68.8 Å². The minimum absolute atomic E-state index is 0.157. The summed E-state index contributed by atoms with van der Waals surface area (Å²) in [6.07, 6.45) is 0. The number of amides is 1. The third-order valence-electron chi connectivity index (χ3n) is 4.21. The highest BCUT2D eigenvalue weighted by atomic mass is 35.5. The van der Waals surface area contributed by atoms with E-state index in [1.165, 1.54) is 7.11 Å². The van der Waals surface area contributed by atoms with Crippen LogP contribution in [-0.2, 0) is 9.53 Å². The van der Waals surface area contributed by atoms with E-state index in [0.717, 1.165) is 5.56 Å².